The number of hydrogen-bond donors (Lipinski definition) is 1. The van der Waals surface area contributed by atoms with Gasteiger partial charge in [0.15, 0.2) is 6.61 Å². The number of hydrazone groups is 1. The second kappa shape index (κ2) is 10.1. The van der Waals surface area contributed by atoms with E-state index in [1.807, 2.05) is 48.5 Å². The summed E-state index contributed by atoms with van der Waals surface area (Å²) in [5.41, 5.74) is 4.59. The highest BCUT2D eigenvalue weighted by atomic mass is 16.5. The number of carbonyl (C=O) groups is 1. The number of nitrogens with zero attached hydrogens (tertiary/aromatic N) is 1. The number of rotatable bonds is 9. The maximum absolute atomic E-state index is 11.7. The molecule has 2 aromatic carbocycles. The summed E-state index contributed by atoms with van der Waals surface area (Å²) in [5.74, 6) is 1.14. The highest BCUT2D eigenvalue weighted by Gasteiger charge is 2.02. The van der Waals surface area contributed by atoms with E-state index in [1.54, 1.807) is 13.3 Å². The fourth-order valence-corrected chi connectivity index (χ4v) is 2.18. The Morgan fingerprint density at radius 1 is 1.08 bits per heavy atom. The maximum atomic E-state index is 11.7. The normalized spacial score (nSPS) is 10.6. The van der Waals surface area contributed by atoms with E-state index < -0.39 is 0 Å². The van der Waals surface area contributed by atoms with Gasteiger partial charge in [-0.05, 0) is 60.4 Å². The predicted molar refractivity (Wildman–Crippen MR) is 99.3 cm³/mol. The second-order valence-electron chi connectivity index (χ2n) is 5.60. The molecule has 5 nitrogen and oxygen atoms in total. The first-order valence-electron chi connectivity index (χ1n) is 8.39. The number of benzene rings is 2. The summed E-state index contributed by atoms with van der Waals surface area (Å²) in [6, 6.07) is 15.2. The van der Waals surface area contributed by atoms with Gasteiger partial charge in [-0.15, -0.1) is 0 Å². The van der Waals surface area contributed by atoms with E-state index in [2.05, 4.69) is 17.5 Å². The van der Waals surface area contributed by atoms with Crippen LogP contribution in [0.5, 0.6) is 11.5 Å². The van der Waals surface area contributed by atoms with E-state index in [4.69, 9.17) is 9.47 Å². The first-order valence-corrected chi connectivity index (χ1v) is 8.39. The molecule has 0 fully saturated rings. The van der Waals surface area contributed by atoms with Gasteiger partial charge in [-0.1, -0.05) is 25.5 Å². The zero-order valence-corrected chi connectivity index (χ0v) is 14.7. The quantitative estimate of drug-likeness (QED) is 0.561. The zero-order valence-electron chi connectivity index (χ0n) is 14.7. The Hall–Kier alpha value is -2.82. The molecule has 1 N–H and O–H groups in total. The average molecular weight is 340 g/mol. The molecule has 5 heteroatoms. The summed E-state index contributed by atoms with van der Waals surface area (Å²) >= 11 is 0. The fraction of sp³-hybridized carbons (Fsp3) is 0.300. The van der Waals surface area contributed by atoms with Crippen molar-refractivity contribution in [2.75, 3.05) is 13.7 Å². The molecule has 0 bridgehead atoms. The van der Waals surface area contributed by atoms with E-state index in [1.165, 1.54) is 18.4 Å². The van der Waals surface area contributed by atoms with Crippen LogP contribution in [0.1, 0.15) is 30.9 Å². The lowest BCUT2D eigenvalue weighted by Gasteiger charge is -2.06. The molecular weight excluding hydrogens is 316 g/mol. The van der Waals surface area contributed by atoms with Crippen LogP contribution < -0.4 is 14.9 Å². The average Bonchev–Trinajstić information content (AvgIpc) is 2.66. The third-order valence-corrected chi connectivity index (χ3v) is 3.63. The van der Waals surface area contributed by atoms with Crippen molar-refractivity contribution in [2.45, 2.75) is 26.2 Å². The van der Waals surface area contributed by atoms with Gasteiger partial charge in [0, 0.05) is 0 Å². The van der Waals surface area contributed by atoms with E-state index in [0.29, 0.717) is 5.75 Å². The summed E-state index contributed by atoms with van der Waals surface area (Å²) in [6.07, 6.45) is 4.99. The lowest BCUT2D eigenvalue weighted by Crippen LogP contribution is -2.24. The van der Waals surface area contributed by atoms with Gasteiger partial charge in [0.2, 0.25) is 0 Å². The van der Waals surface area contributed by atoms with Crippen molar-refractivity contribution in [3.63, 3.8) is 0 Å². The highest BCUT2D eigenvalue weighted by Crippen LogP contribution is 2.14. The number of nitrogens with one attached hydrogen (secondary N) is 1. The van der Waals surface area contributed by atoms with Crippen molar-refractivity contribution >= 4 is 12.1 Å². The van der Waals surface area contributed by atoms with E-state index in [-0.39, 0.29) is 12.5 Å². The Kier molecular flexibility index (Phi) is 7.50. The molecule has 0 aromatic heterocycles. The van der Waals surface area contributed by atoms with E-state index in [9.17, 15) is 4.79 Å². The standard InChI is InChI=1S/C20H24N2O3/c1-3-4-5-16-6-12-19(13-7-16)25-15-20(23)22-21-14-17-8-10-18(24-2)11-9-17/h6-14H,3-5,15H2,1-2H3,(H,22,23)/b21-14+. The first kappa shape index (κ1) is 18.5. The smallest absolute Gasteiger partial charge is 0.277 e. The van der Waals surface area contributed by atoms with Crippen molar-refractivity contribution in [2.24, 2.45) is 5.10 Å². The highest BCUT2D eigenvalue weighted by molar-refractivity contribution is 5.83. The lowest BCUT2D eigenvalue weighted by molar-refractivity contribution is -0.123. The van der Waals surface area contributed by atoms with Crippen LogP contribution in [0.15, 0.2) is 53.6 Å². The molecule has 25 heavy (non-hydrogen) atoms. The summed E-state index contributed by atoms with van der Waals surface area (Å²) in [5, 5.41) is 3.91. The van der Waals surface area contributed by atoms with Gasteiger partial charge in [0.1, 0.15) is 11.5 Å². The number of ether oxygens (including phenoxy) is 2. The minimum atomic E-state index is -0.306. The van der Waals surface area contributed by atoms with Crippen molar-refractivity contribution in [3.05, 3.63) is 59.7 Å². The van der Waals surface area contributed by atoms with Gasteiger partial charge in [0.05, 0.1) is 13.3 Å². The number of methoxy groups -OCH3 is 1. The van der Waals surface area contributed by atoms with Crippen LogP contribution in [0.4, 0.5) is 0 Å². The summed E-state index contributed by atoms with van der Waals surface area (Å²) in [7, 11) is 1.61. The molecule has 132 valence electrons. The lowest BCUT2D eigenvalue weighted by atomic mass is 10.1. The molecule has 0 aliphatic rings. The first-order chi connectivity index (χ1) is 12.2. The molecule has 0 atom stereocenters. The predicted octanol–water partition coefficient (Wildman–Crippen LogP) is 3.57. The number of amides is 1. The third kappa shape index (κ3) is 6.67. The molecule has 1 amide bonds. The Balaban J connectivity index is 1.73. The van der Waals surface area contributed by atoms with Crippen LogP contribution in [0.25, 0.3) is 0 Å². The molecule has 2 aromatic rings. The van der Waals surface area contributed by atoms with Gasteiger partial charge >= 0.3 is 0 Å². The summed E-state index contributed by atoms with van der Waals surface area (Å²) < 4.78 is 10.5. The summed E-state index contributed by atoms with van der Waals surface area (Å²) in [4.78, 5) is 11.7. The van der Waals surface area contributed by atoms with Gasteiger partial charge in [-0.2, -0.15) is 5.10 Å². The fourth-order valence-electron chi connectivity index (χ4n) is 2.18. The molecule has 2 rings (SSSR count). The Morgan fingerprint density at radius 2 is 1.76 bits per heavy atom. The number of unbranched alkanes of at least 4 members (excludes halogenated alkanes) is 1. The van der Waals surface area contributed by atoms with E-state index in [0.717, 1.165) is 17.7 Å². The third-order valence-electron chi connectivity index (χ3n) is 3.63. The van der Waals surface area contributed by atoms with Crippen LogP contribution in [-0.4, -0.2) is 25.8 Å². The molecule has 0 spiro atoms. The minimum Gasteiger partial charge on any atom is -0.497 e. The molecule has 0 radical (unpaired) electrons. The van der Waals surface area contributed by atoms with Crippen molar-refractivity contribution in [1.29, 1.82) is 0 Å². The van der Waals surface area contributed by atoms with Gasteiger partial charge in [-0.25, -0.2) is 5.43 Å². The van der Waals surface area contributed by atoms with Crippen LogP contribution in [0, 0.1) is 0 Å². The Morgan fingerprint density at radius 3 is 2.40 bits per heavy atom. The second-order valence-corrected chi connectivity index (χ2v) is 5.60. The van der Waals surface area contributed by atoms with Crippen LogP contribution in [0.2, 0.25) is 0 Å². The molecular formula is C20H24N2O3. The van der Waals surface area contributed by atoms with Crippen LogP contribution in [-0.2, 0) is 11.2 Å². The van der Waals surface area contributed by atoms with Gasteiger partial charge < -0.3 is 9.47 Å². The summed E-state index contributed by atoms with van der Waals surface area (Å²) in [6.45, 7) is 2.10. The van der Waals surface area contributed by atoms with Crippen molar-refractivity contribution < 1.29 is 14.3 Å². The Labute approximate surface area is 148 Å². The Bertz CT molecular complexity index is 679. The number of carbonyl (C=O) groups excluding carboxylic acids is 1. The molecule has 0 unspecified atom stereocenters. The molecule has 0 saturated heterocycles. The molecule has 0 aliphatic carbocycles. The molecule has 0 saturated carbocycles. The monoisotopic (exact) mass is 340 g/mol. The zero-order chi connectivity index (χ0) is 17.9. The van der Waals surface area contributed by atoms with Gasteiger partial charge in [0.25, 0.3) is 5.91 Å². The largest absolute Gasteiger partial charge is 0.497 e. The molecule has 0 heterocycles. The van der Waals surface area contributed by atoms with Crippen LogP contribution in [0.3, 0.4) is 0 Å². The number of aryl methyl sites for hydroxylation is 1. The SMILES string of the molecule is CCCCc1ccc(OCC(=O)N/N=C/c2ccc(OC)cc2)cc1. The molecule has 0 aliphatic heterocycles. The van der Waals surface area contributed by atoms with Crippen molar-refractivity contribution in [1.82, 2.24) is 5.43 Å². The van der Waals surface area contributed by atoms with Gasteiger partial charge in [-0.3, -0.25) is 4.79 Å². The van der Waals surface area contributed by atoms with Crippen LogP contribution >= 0.6 is 0 Å². The number of hydrogen-bond acceptors (Lipinski definition) is 4. The van der Waals surface area contributed by atoms with E-state index >= 15 is 0 Å². The van der Waals surface area contributed by atoms with Crippen molar-refractivity contribution in [3.8, 4) is 11.5 Å². The maximum Gasteiger partial charge on any atom is 0.277 e. The topological polar surface area (TPSA) is 59.9 Å². The minimum absolute atomic E-state index is 0.0751.